The van der Waals surface area contributed by atoms with Gasteiger partial charge in [0.15, 0.2) is 0 Å². The van der Waals surface area contributed by atoms with Crippen molar-refractivity contribution < 1.29 is 17.9 Å². The summed E-state index contributed by atoms with van der Waals surface area (Å²) in [6, 6.07) is 22.4. The first-order chi connectivity index (χ1) is 14.6. The molecule has 0 N–H and O–H groups in total. The van der Waals surface area contributed by atoms with Gasteiger partial charge in [-0.1, -0.05) is 42.5 Å². The second-order valence-corrected chi connectivity index (χ2v) is 6.82. The number of ether oxygens (including phenoxy) is 1. The van der Waals surface area contributed by atoms with Gasteiger partial charge in [0.05, 0.1) is 6.61 Å². The first-order valence-corrected chi connectivity index (χ1v) is 9.64. The van der Waals surface area contributed by atoms with Gasteiger partial charge < -0.3 is 4.74 Å². The van der Waals surface area contributed by atoms with Crippen LogP contribution in [0.3, 0.4) is 0 Å². The zero-order valence-electron chi connectivity index (χ0n) is 16.3. The van der Waals surface area contributed by atoms with E-state index in [0.29, 0.717) is 12.4 Å². The zero-order chi connectivity index (χ0) is 21.1. The normalized spacial score (nSPS) is 10.8. The summed E-state index contributed by atoms with van der Waals surface area (Å²) in [4.78, 5) is 0. The first-order valence-electron chi connectivity index (χ1n) is 9.64. The highest BCUT2D eigenvalue weighted by molar-refractivity contribution is 5.93. The van der Waals surface area contributed by atoms with Crippen molar-refractivity contribution >= 4 is 0 Å². The van der Waals surface area contributed by atoms with Crippen LogP contribution in [0.5, 0.6) is 5.75 Å². The molecule has 0 saturated heterocycles. The van der Waals surface area contributed by atoms with Crippen LogP contribution in [0.2, 0.25) is 0 Å². The van der Waals surface area contributed by atoms with E-state index < -0.39 is 0 Å². The van der Waals surface area contributed by atoms with Crippen LogP contribution in [0, 0.1) is 17.5 Å². The van der Waals surface area contributed by atoms with E-state index in [2.05, 4.69) is 0 Å². The molecule has 0 aromatic heterocycles. The molecule has 1 nitrogen and oxygen atoms in total. The maximum atomic E-state index is 13.6. The van der Waals surface area contributed by atoms with Crippen molar-refractivity contribution in [3.8, 4) is 39.1 Å². The van der Waals surface area contributed by atoms with Gasteiger partial charge in [-0.3, -0.25) is 0 Å². The highest BCUT2D eigenvalue weighted by Crippen LogP contribution is 2.45. The maximum Gasteiger partial charge on any atom is 0.135 e. The Morgan fingerprint density at radius 3 is 1.40 bits per heavy atom. The van der Waals surface area contributed by atoms with Crippen LogP contribution in [0.1, 0.15) is 6.92 Å². The molecule has 0 aliphatic heterocycles. The van der Waals surface area contributed by atoms with E-state index in [-0.39, 0.29) is 17.5 Å². The molecule has 0 fully saturated rings. The molecule has 0 aliphatic rings. The fraction of sp³-hybridized carbons (Fsp3) is 0.0769. The summed E-state index contributed by atoms with van der Waals surface area (Å²) >= 11 is 0. The number of benzene rings is 4. The smallest absolute Gasteiger partial charge is 0.135 e. The predicted molar refractivity (Wildman–Crippen MR) is 114 cm³/mol. The minimum Gasteiger partial charge on any atom is -0.493 e. The van der Waals surface area contributed by atoms with Crippen molar-refractivity contribution in [3.63, 3.8) is 0 Å². The van der Waals surface area contributed by atoms with Crippen LogP contribution in [0.4, 0.5) is 13.2 Å². The third-order valence-corrected chi connectivity index (χ3v) is 4.89. The number of hydrogen-bond acceptors (Lipinski definition) is 1. The molecule has 0 unspecified atom stereocenters. The van der Waals surface area contributed by atoms with Crippen molar-refractivity contribution in [1.29, 1.82) is 0 Å². The first kappa shape index (κ1) is 19.8. The van der Waals surface area contributed by atoms with E-state index in [9.17, 15) is 13.2 Å². The molecule has 4 aromatic carbocycles. The van der Waals surface area contributed by atoms with Crippen LogP contribution in [0.25, 0.3) is 33.4 Å². The van der Waals surface area contributed by atoms with Crippen molar-refractivity contribution in [2.24, 2.45) is 0 Å². The zero-order valence-corrected chi connectivity index (χ0v) is 16.3. The summed E-state index contributed by atoms with van der Waals surface area (Å²) in [6.45, 7) is 2.29. The topological polar surface area (TPSA) is 9.23 Å². The van der Waals surface area contributed by atoms with Gasteiger partial charge in [-0.2, -0.15) is 0 Å². The average molecular weight is 404 g/mol. The van der Waals surface area contributed by atoms with E-state index in [1.165, 1.54) is 36.4 Å². The van der Waals surface area contributed by atoms with Crippen LogP contribution in [0.15, 0.2) is 84.9 Å². The van der Waals surface area contributed by atoms with Crippen LogP contribution in [-0.2, 0) is 0 Å². The van der Waals surface area contributed by atoms with Gasteiger partial charge in [-0.05, 0) is 71.6 Å². The number of halogens is 3. The fourth-order valence-electron chi connectivity index (χ4n) is 3.51. The van der Waals surface area contributed by atoms with Crippen molar-refractivity contribution in [2.45, 2.75) is 6.92 Å². The highest BCUT2D eigenvalue weighted by atomic mass is 19.1. The van der Waals surface area contributed by atoms with Crippen LogP contribution < -0.4 is 4.74 Å². The predicted octanol–water partition coefficient (Wildman–Crippen LogP) is 7.50. The number of hydrogen-bond donors (Lipinski definition) is 0. The third-order valence-electron chi connectivity index (χ3n) is 4.89. The molecule has 0 saturated carbocycles. The SMILES string of the molecule is CCOc1c(-c2ccc(F)cc2)ccc(-c2ccc(F)cc2)c1-c1ccc(F)cc1. The quantitative estimate of drug-likeness (QED) is 0.335. The lowest BCUT2D eigenvalue weighted by Gasteiger charge is -2.20. The molecule has 0 spiro atoms. The lowest BCUT2D eigenvalue weighted by Crippen LogP contribution is -1.99. The minimum absolute atomic E-state index is 0.321. The van der Waals surface area contributed by atoms with Gasteiger partial charge in [-0.25, -0.2) is 13.2 Å². The largest absolute Gasteiger partial charge is 0.493 e. The molecular formula is C26H19F3O. The van der Waals surface area contributed by atoms with E-state index in [1.807, 2.05) is 19.1 Å². The number of rotatable bonds is 5. The van der Waals surface area contributed by atoms with E-state index in [0.717, 1.165) is 33.4 Å². The second-order valence-electron chi connectivity index (χ2n) is 6.82. The molecule has 30 heavy (non-hydrogen) atoms. The van der Waals surface area contributed by atoms with Gasteiger partial charge in [0, 0.05) is 11.1 Å². The van der Waals surface area contributed by atoms with E-state index in [4.69, 9.17) is 4.74 Å². The average Bonchev–Trinajstić information content (AvgIpc) is 2.76. The Bertz CT molecular complexity index is 1150. The van der Waals surface area contributed by atoms with Gasteiger partial charge >= 0.3 is 0 Å². The second kappa shape index (κ2) is 8.46. The molecule has 150 valence electrons. The molecular weight excluding hydrogens is 385 g/mol. The van der Waals surface area contributed by atoms with Gasteiger partial charge in [0.2, 0.25) is 0 Å². The fourth-order valence-corrected chi connectivity index (χ4v) is 3.51. The molecule has 4 aromatic rings. The Morgan fingerprint density at radius 2 is 0.933 bits per heavy atom. The molecule has 0 heterocycles. The van der Waals surface area contributed by atoms with Crippen LogP contribution >= 0.6 is 0 Å². The van der Waals surface area contributed by atoms with Gasteiger partial charge in [-0.15, -0.1) is 0 Å². The Balaban J connectivity index is 2.01. The lowest BCUT2D eigenvalue weighted by atomic mass is 9.89. The summed E-state index contributed by atoms with van der Waals surface area (Å²) in [7, 11) is 0. The highest BCUT2D eigenvalue weighted by Gasteiger charge is 2.19. The van der Waals surface area contributed by atoms with E-state index in [1.54, 1.807) is 36.4 Å². The molecule has 0 bridgehead atoms. The van der Waals surface area contributed by atoms with Crippen molar-refractivity contribution in [3.05, 3.63) is 102 Å². The summed E-state index contributed by atoms with van der Waals surface area (Å²) in [5.74, 6) is -0.374. The molecule has 0 radical (unpaired) electrons. The minimum atomic E-state index is -0.338. The monoisotopic (exact) mass is 404 g/mol. The molecule has 0 amide bonds. The lowest BCUT2D eigenvalue weighted by molar-refractivity contribution is 0.343. The van der Waals surface area contributed by atoms with Crippen LogP contribution in [-0.4, -0.2) is 6.61 Å². The summed E-state index contributed by atoms with van der Waals surface area (Å²) < 4.78 is 46.6. The Morgan fingerprint density at radius 1 is 0.533 bits per heavy atom. The Hall–Kier alpha value is -3.53. The Kier molecular flexibility index (Phi) is 5.57. The van der Waals surface area contributed by atoms with Crippen molar-refractivity contribution in [1.82, 2.24) is 0 Å². The summed E-state index contributed by atoms with van der Waals surface area (Å²) in [5, 5.41) is 0. The van der Waals surface area contributed by atoms with Crippen molar-refractivity contribution in [2.75, 3.05) is 6.61 Å². The van der Waals surface area contributed by atoms with E-state index >= 15 is 0 Å². The third kappa shape index (κ3) is 3.94. The van der Waals surface area contributed by atoms with Gasteiger partial charge in [0.1, 0.15) is 23.2 Å². The maximum absolute atomic E-state index is 13.6. The molecule has 0 aliphatic carbocycles. The molecule has 4 heteroatoms. The summed E-state index contributed by atoms with van der Waals surface area (Å²) in [6.07, 6.45) is 0. The van der Waals surface area contributed by atoms with Gasteiger partial charge in [0.25, 0.3) is 0 Å². The molecule has 0 atom stereocenters. The Labute approximate surface area is 173 Å². The standard InChI is InChI=1S/C26H19F3O/c1-2-30-26-24(18-5-11-21(28)12-6-18)16-15-23(17-3-9-20(27)10-4-17)25(26)19-7-13-22(29)14-8-19/h3-16H,2H2,1H3. The molecule has 4 rings (SSSR count). The summed E-state index contributed by atoms with van der Waals surface area (Å²) in [5.41, 5.74) is 4.77.